The lowest BCUT2D eigenvalue weighted by Gasteiger charge is -2.32. The Bertz CT molecular complexity index is 1300. The molecule has 11 heteroatoms. The molecule has 1 fully saturated rings. The summed E-state index contributed by atoms with van der Waals surface area (Å²) < 4.78 is 59.1. The monoisotopic (exact) mass is 520 g/mol. The zero-order valence-corrected chi connectivity index (χ0v) is 20.6. The van der Waals surface area contributed by atoms with Crippen LogP contribution in [0.15, 0.2) is 36.5 Å². The van der Waals surface area contributed by atoms with Crippen molar-refractivity contribution in [2.24, 2.45) is 5.92 Å². The Hall–Kier alpha value is -3.47. The second-order valence-corrected chi connectivity index (χ2v) is 9.25. The van der Waals surface area contributed by atoms with Gasteiger partial charge >= 0.3 is 6.18 Å². The number of benzene rings is 2. The molecule has 0 aliphatic carbocycles. The normalized spacial score (nSPS) is 14.8. The number of alkyl halides is 3. The fourth-order valence-electron chi connectivity index (χ4n) is 4.57. The Morgan fingerprint density at radius 2 is 1.89 bits per heavy atom. The molecule has 1 aromatic heterocycles. The zero-order valence-electron chi connectivity index (χ0n) is 20.6. The topological polar surface area (TPSA) is 76.5 Å². The summed E-state index contributed by atoms with van der Waals surface area (Å²) in [5, 5.41) is 8.30. The third-order valence-electron chi connectivity index (χ3n) is 6.60. The molecule has 2 amide bonds. The van der Waals surface area contributed by atoms with Gasteiger partial charge in [0.05, 0.1) is 17.7 Å². The van der Waals surface area contributed by atoms with Gasteiger partial charge in [0, 0.05) is 56.0 Å². The first-order valence-corrected chi connectivity index (χ1v) is 12.0. The van der Waals surface area contributed by atoms with E-state index < -0.39 is 23.5 Å². The molecule has 2 heterocycles. The van der Waals surface area contributed by atoms with Gasteiger partial charge < -0.3 is 15.0 Å². The van der Waals surface area contributed by atoms with Crippen molar-refractivity contribution < 1.29 is 31.9 Å². The molecule has 0 bridgehead atoms. The Morgan fingerprint density at radius 1 is 1.16 bits per heavy atom. The second-order valence-electron chi connectivity index (χ2n) is 9.25. The van der Waals surface area contributed by atoms with E-state index >= 15 is 0 Å². The largest absolute Gasteiger partial charge is 0.419 e. The lowest BCUT2D eigenvalue weighted by Crippen LogP contribution is -2.39. The van der Waals surface area contributed by atoms with Crippen LogP contribution in [0.25, 0.3) is 10.9 Å². The number of piperidine rings is 1. The van der Waals surface area contributed by atoms with Crippen molar-refractivity contribution in [1.29, 1.82) is 0 Å². The summed E-state index contributed by atoms with van der Waals surface area (Å²) in [5.41, 5.74) is 0.694. The molecule has 0 atom stereocenters. The number of aryl methyl sites for hydroxylation is 1. The van der Waals surface area contributed by atoms with Crippen LogP contribution in [0, 0.1) is 18.7 Å². The highest BCUT2D eigenvalue weighted by Gasteiger charge is 2.34. The number of methoxy groups -OCH3 is 1. The molecule has 3 aromatic rings. The predicted molar refractivity (Wildman–Crippen MR) is 129 cm³/mol. The fraction of sp³-hybridized carbons (Fsp3) is 0.423. The summed E-state index contributed by atoms with van der Waals surface area (Å²) in [5.74, 6) is -1.87. The lowest BCUT2D eigenvalue weighted by molar-refractivity contribution is -0.140. The predicted octanol–water partition coefficient (Wildman–Crippen LogP) is 4.43. The fourth-order valence-corrected chi connectivity index (χ4v) is 4.57. The molecule has 1 saturated heterocycles. The first-order valence-electron chi connectivity index (χ1n) is 12.0. The summed E-state index contributed by atoms with van der Waals surface area (Å²) in [4.78, 5) is 26.7. The summed E-state index contributed by atoms with van der Waals surface area (Å²) in [6, 6.07) is 5.97. The number of aromatic nitrogens is 2. The van der Waals surface area contributed by atoms with Gasteiger partial charge in [-0.2, -0.15) is 18.3 Å². The maximum Gasteiger partial charge on any atom is 0.419 e. The highest BCUT2D eigenvalue weighted by atomic mass is 19.4. The van der Waals surface area contributed by atoms with Crippen molar-refractivity contribution in [2.75, 3.05) is 33.4 Å². The maximum absolute atomic E-state index is 13.9. The Morgan fingerprint density at radius 3 is 2.54 bits per heavy atom. The number of carbonyl (C=O) groups is 2. The number of hydrogen-bond donors (Lipinski definition) is 1. The van der Waals surface area contributed by atoms with Gasteiger partial charge in [-0.3, -0.25) is 14.3 Å². The van der Waals surface area contributed by atoms with Crippen LogP contribution >= 0.6 is 0 Å². The minimum absolute atomic E-state index is 0.0975. The van der Waals surface area contributed by atoms with Gasteiger partial charge in [0.15, 0.2) is 0 Å². The van der Waals surface area contributed by atoms with Gasteiger partial charge in [-0.1, -0.05) is 0 Å². The molecule has 4 rings (SSSR count). The number of carbonyl (C=O) groups excluding carboxylic acids is 2. The molecule has 0 spiro atoms. The quantitative estimate of drug-likeness (QED) is 0.370. The minimum Gasteiger partial charge on any atom is -0.383 e. The van der Waals surface area contributed by atoms with Crippen LogP contribution in [0.2, 0.25) is 0 Å². The average molecular weight is 521 g/mol. The van der Waals surface area contributed by atoms with Crippen LogP contribution in [-0.2, 0) is 17.5 Å². The SMILES string of the molecule is COCCNC(=O)c1cc2cn(CC3CCN(C(=O)c4ccc(C(F)(F)F)c(F)c4)CC3)nc2cc1C. The van der Waals surface area contributed by atoms with Crippen molar-refractivity contribution in [3.63, 3.8) is 0 Å². The number of halogens is 4. The minimum atomic E-state index is -4.81. The van der Waals surface area contributed by atoms with E-state index in [9.17, 15) is 27.2 Å². The standard InChI is InChI=1S/C26H28F4N4O3/c1-16-11-23-19(12-20(16)24(35)31-7-10-37-2)15-34(32-23)14-17-5-8-33(9-6-17)25(36)18-3-4-21(22(27)13-18)26(28,29)30/h3-4,11-13,15,17H,5-10,14H2,1-2H3,(H,31,35). The van der Waals surface area contributed by atoms with Crippen LogP contribution in [0.1, 0.15) is 44.7 Å². The molecule has 198 valence electrons. The van der Waals surface area contributed by atoms with Crippen molar-refractivity contribution in [3.8, 4) is 0 Å². The van der Waals surface area contributed by atoms with Gasteiger partial charge in [-0.15, -0.1) is 0 Å². The molecule has 7 nitrogen and oxygen atoms in total. The molecule has 1 aliphatic rings. The van der Waals surface area contributed by atoms with Crippen LogP contribution in [0.3, 0.4) is 0 Å². The van der Waals surface area contributed by atoms with E-state index in [1.165, 1.54) is 4.90 Å². The van der Waals surface area contributed by atoms with Gasteiger partial charge in [0.25, 0.3) is 11.8 Å². The number of amides is 2. The Balaban J connectivity index is 1.37. The third kappa shape index (κ3) is 6.10. The van der Waals surface area contributed by atoms with Crippen LogP contribution in [0.4, 0.5) is 17.6 Å². The number of hydrogen-bond acceptors (Lipinski definition) is 4. The third-order valence-corrected chi connectivity index (χ3v) is 6.60. The van der Waals surface area contributed by atoms with Gasteiger partial charge in [0.1, 0.15) is 5.82 Å². The van der Waals surface area contributed by atoms with E-state index in [-0.39, 0.29) is 17.4 Å². The van der Waals surface area contributed by atoms with Crippen molar-refractivity contribution >= 4 is 22.7 Å². The molecule has 2 aromatic carbocycles. The van der Waals surface area contributed by atoms with E-state index in [1.807, 2.05) is 29.9 Å². The van der Waals surface area contributed by atoms with Crippen molar-refractivity contribution in [1.82, 2.24) is 20.0 Å². The zero-order chi connectivity index (χ0) is 26.7. The van der Waals surface area contributed by atoms with Crippen molar-refractivity contribution in [2.45, 2.75) is 32.5 Å². The molecule has 0 unspecified atom stereocenters. The Labute approximate surface area is 211 Å². The molecule has 1 N–H and O–H groups in total. The van der Waals surface area contributed by atoms with E-state index in [4.69, 9.17) is 4.74 Å². The summed E-state index contributed by atoms with van der Waals surface area (Å²) in [6.07, 6.45) is -1.56. The van der Waals surface area contributed by atoms with Gasteiger partial charge in [-0.05, 0) is 61.6 Å². The van der Waals surface area contributed by atoms with Gasteiger partial charge in [0.2, 0.25) is 0 Å². The van der Waals surface area contributed by atoms with Crippen molar-refractivity contribution in [3.05, 3.63) is 64.6 Å². The number of nitrogens with one attached hydrogen (secondary N) is 1. The van der Waals surface area contributed by atoms with Gasteiger partial charge in [-0.25, -0.2) is 4.39 Å². The number of nitrogens with zero attached hydrogens (tertiary/aromatic N) is 3. The number of likely N-dealkylation sites (tertiary alicyclic amines) is 1. The summed E-state index contributed by atoms with van der Waals surface area (Å²) >= 11 is 0. The molecular weight excluding hydrogens is 492 g/mol. The number of ether oxygens (including phenoxy) is 1. The first-order chi connectivity index (χ1) is 17.6. The first kappa shape index (κ1) is 26.6. The second kappa shape index (κ2) is 10.9. The number of rotatable bonds is 7. The summed E-state index contributed by atoms with van der Waals surface area (Å²) in [7, 11) is 1.57. The van der Waals surface area contributed by atoms with Crippen LogP contribution < -0.4 is 5.32 Å². The van der Waals surface area contributed by atoms with E-state index in [0.29, 0.717) is 63.3 Å². The van der Waals surface area contributed by atoms with Crippen LogP contribution in [-0.4, -0.2) is 59.8 Å². The van der Waals surface area contributed by atoms with E-state index in [0.717, 1.165) is 22.5 Å². The molecule has 1 aliphatic heterocycles. The van der Waals surface area contributed by atoms with E-state index in [2.05, 4.69) is 10.4 Å². The smallest absolute Gasteiger partial charge is 0.383 e. The molecule has 0 radical (unpaired) electrons. The average Bonchev–Trinajstić information content (AvgIpc) is 3.23. The highest BCUT2D eigenvalue weighted by Crippen LogP contribution is 2.32. The summed E-state index contributed by atoms with van der Waals surface area (Å²) in [6.45, 7) is 4.16. The highest BCUT2D eigenvalue weighted by molar-refractivity contribution is 5.99. The van der Waals surface area contributed by atoms with Crippen LogP contribution in [0.5, 0.6) is 0 Å². The molecule has 37 heavy (non-hydrogen) atoms. The number of fused-ring (bicyclic) bond motifs is 1. The molecule has 0 saturated carbocycles. The van der Waals surface area contributed by atoms with E-state index in [1.54, 1.807) is 7.11 Å². The lowest BCUT2D eigenvalue weighted by atomic mass is 9.96. The molecular formula is C26H28F4N4O3. The maximum atomic E-state index is 13.9. The Kier molecular flexibility index (Phi) is 7.82.